The minimum atomic E-state index is -0.401. The number of ether oxygens (including phenoxy) is 3. The fourth-order valence-electron chi connectivity index (χ4n) is 2.86. The largest absolute Gasteiger partial charge is 0.493 e. The fourth-order valence-corrected chi connectivity index (χ4v) is 2.86. The molecule has 0 spiro atoms. The van der Waals surface area contributed by atoms with E-state index in [0.717, 1.165) is 18.6 Å². The van der Waals surface area contributed by atoms with E-state index in [1.165, 1.54) is 32.1 Å². The first kappa shape index (κ1) is 24.5. The van der Waals surface area contributed by atoms with E-state index in [1.54, 1.807) is 42.7 Å². The molecule has 0 radical (unpaired) electrons. The van der Waals surface area contributed by atoms with Gasteiger partial charge in [-0.15, -0.1) is 0 Å². The Hall–Kier alpha value is -2.75. The molecule has 0 aromatic heterocycles. The smallest absolute Gasteiger partial charge is 0.343 e. The maximum atomic E-state index is 12.4. The summed E-state index contributed by atoms with van der Waals surface area (Å²) in [6.45, 7) is 7.19. The third kappa shape index (κ3) is 9.73. The lowest BCUT2D eigenvalue weighted by Crippen LogP contribution is -2.09. The summed E-state index contributed by atoms with van der Waals surface area (Å²) < 4.78 is 16.8. The van der Waals surface area contributed by atoms with Crippen molar-refractivity contribution in [2.75, 3.05) is 6.61 Å². The number of hydrogen-bond donors (Lipinski definition) is 0. The van der Waals surface area contributed by atoms with Crippen molar-refractivity contribution in [3.05, 3.63) is 66.4 Å². The third-order valence-corrected chi connectivity index (χ3v) is 5.13. The van der Waals surface area contributed by atoms with Crippen LogP contribution in [0.5, 0.6) is 17.2 Å². The number of carbonyl (C=O) groups excluding carboxylic acids is 1. The van der Waals surface area contributed by atoms with Gasteiger partial charge in [-0.1, -0.05) is 52.9 Å². The molecule has 2 aromatic rings. The minimum Gasteiger partial charge on any atom is -0.493 e. The summed E-state index contributed by atoms with van der Waals surface area (Å²) in [4.78, 5) is 12.4. The molecular formula is C27H36O4. The highest BCUT2D eigenvalue weighted by Gasteiger charge is 2.09. The molecule has 0 N–H and O–H groups in total. The normalized spacial score (nSPS) is 12.0. The monoisotopic (exact) mass is 424 g/mol. The molecule has 0 amide bonds. The fraction of sp³-hybridized carbons (Fsp3) is 0.444. The predicted octanol–water partition coefficient (Wildman–Crippen LogP) is 7.58. The zero-order valence-electron chi connectivity index (χ0n) is 19.1. The Bertz CT molecular complexity index is 778. The number of benzene rings is 2. The lowest BCUT2D eigenvalue weighted by atomic mass is 10.1. The van der Waals surface area contributed by atoms with Gasteiger partial charge in [0.25, 0.3) is 0 Å². The maximum absolute atomic E-state index is 12.4. The molecule has 0 fully saturated rings. The van der Waals surface area contributed by atoms with Gasteiger partial charge in [-0.25, -0.2) is 4.79 Å². The van der Waals surface area contributed by atoms with Crippen LogP contribution in [-0.2, 0) is 0 Å². The van der Waals surface area contributed by atoms with Crippen LogP contribution < -0.4 is 14.2 Å². The van der Waals surface area contributed by atoms with Gasteiger partial charge in [-0.3, -0.25) is 0 Å². The van der Waals surface area contributed by atoms with Gasteiger partial charge < -0.3 is 14.2 Å². The van der Waals surface area contributed by atoms with Gasteiger partial charge in [-0.05, 0) is 73.4 Å². The molecule has 1 atom stereocenters. The van der Waals surface area contributed by atoms with E-state index in [-0.39, 0.29) is 0 Å². The average Bonchev–Trinajstić information content (AvgIpc) is 2.80. The van der Waals surface area contributed by atoms with E-state index in [1.807, 2.05) is 18.2 Å². The Morgan fingerprint density at radius 1 is 0.871 bits per heavy atom. The second-order valence-corrected chi connectivity index (χ2v) is 7.90. The average molecular weight is 425 g/mol. The van der Waals surface area contributed by atoms with E-state index in [4.69, 9.17) is 14.2 Å². The summed E-state index contributed by atoms with van der Waals surface area (Å²) in [6, 6.07) is 14.1. The molecule has 0 unspecified atom stereocenters. The Morgan fingerprint density at radius 3 is 2.19 bits per heavy atom. The van der Waals surface area contributed by atoms with Crippen molar-refractivity contribution in [2.24, 2.45) is 5.92 Å². The Balaban J connectivity index is 1.75. The van der Waals surface area contributed by atoms with Crippen LogP contribution in [0.25, 0.3) is 0 Å². The number of rotatable bonds is 14. The lowest BCUT2D eigenvalue weighted by molar-refractivity contribution is 0.0734. The number of hydrogen-bond acceptors (Lipinski definition) is 4. The molecule has 2 rings (SSSR count). The molecule has 0 saturated carbocycles. The van der Waals surface area contributed by atoms with Gasteiger partial charge in [0.15, 0.2) is 0 Å². The Morgan fingerprint density at radius 2 is 1.52 bits per heavy atom. The lowest BCUT2D eigenvalue weighted by Gasteiger charge is -2.11. The number of esters is 1. The van der Waals surface area contributed by atoms with E-state index in [9.17, 15) is 4.79 Å². The van der Waals surface area contributed by atoms with Crippen LogP contribution in [0.1, 0.15) is 76.1 Å². The molecular weight excluding hydrogens is 388 g/mol. The number of unbranched alkanes of at least 4 members (excludes halogenated alkanes) is 5. The van der Waals surface area contributed by atoms with Crippen molar-refractivity contribution in [1.82, 2.24) is 0 Å². The number of carbonyl (C=O) groups is 1. The van der Waals surface area contributed by atoms with Gasteiger partial charge >= 0.3 is 5.97 Å². The molecule has 4 nitrogen and oxygen atoms in total. The maximum Gasteiger partial charge on any atom is 0.343 e. The molecule has 31 heavy (non-hydrogen) atoms. The van der Waals surface area contributed by atoms with Crippen molar-refractivity contribution in [3.8, 4) is 17.2 Å². The molecule has 2 aromatic carbocycles. The van der Waals surface area contributed by atoms with Crippen LogP contribution >= 0.6 is 0 Å². The van der Waals surface area contributed by atoms with Crippen LogP contribution in [0.2, 0.25) is 0 Å². The van der Waals surface area contributed by atoms with Crippen LogP contribution in [0, 0.1) is 5.92 Å². The molecule has 0 aliphatic carbocycles. The van der Waals surface area contributed by atoms with Gasteiger partial charge in [0.2, 0.25) is 0 Å². The molecule has 0 saturated heterocycles. The molecule has 0 bridgehead atoms. The van der Waals surface area contributed by atoms with E-state index >= 15 is 0 Å². The van der Waals surface area contributed by atoms with Crippen molar-refractivity contribution in [1.29, 1.82) is 0 Å². The van der Waals surface area contributed by atoms with E-state index in [2.05, 4.69) is 20.8 Å². The van der Waals surface area contributed by atoms with Gasteiger partial charge in [-0.2, -0.15) is 0 Å². The summed E-state index contributed by atoms with van der Waals surface area (Å²) in [6.07, 6.45) is 12.2. The van der Waals surface area contributed by atoms with Crippen molar-refractivity contribution >= 4 is 5.97 Å². The van der Waals surface area contributed by atoms with Gasteiger partial charge in [0.1, 0.15) is 17.2 Å². The summed E-state index contributed by atoms with van der Waals surface area (Å²) in [5, 5.41) is 0. The second-order valence-electron chi connectivity index (χ2n) is 7.90. The van der Waals surface area contributed by atoms with Crippen LogP contribution in [0.3, 0.4) is 0 Å². The zero-order chi connectivity index (χ0) is 22.3. The van der Waals surface area contributed by atoms with Crippen LogP contribution in [0.15, 0.2) is 60.9 Å². The van der Waals surface area contributed by atoms with E-state index in [0.29, 0.717) is 29.6 Å². The number of allylic oxidation sites excluding steroid dienone is 1. The van der Waals surface area contributed by atoms with Crippen LogP contribution in [0.4, 0.5) is 0 Å². The molecule has 0 aliphatic rings. The summed E-state index contributed by atoms with van der Waals surface area (Å²) in [5.74, 6) is 2.07. The first-order valence-corrected chi connectivity index (χ1v) is 11.5. The van der Waals surface area contributed by atoms with Gasteiger partial charge in [0, 0.05) is 0 Å². The topological polar surface area (TPSA) is 44.8 Å². The summed E-state index contributed by atoms with van der Waals surface area (Å²) in [7, 11) is 0. The minimum absolute atomic E-state index is 0.401. The highest BCUT2D eigenvalue weighted by molar-refractivity contribution is 5.91. The molecule has 4 heteroatoms. The second kappa shape index (κ2) is 14.3. The van der Waals surface area contributed by atoms with Crippen molar-refractivity contribution in [3.63, 3.8) is 0 Å². The van der Waals surface area contributed by atoms with Crippen molar-refractivity contribution in [2.45, 2.75) is 65.7 Å². The Labute approximate surface area is 187 Å². The predicted molar refractivity (Wildman–Crippen MR) is 126 cm³/mol. The third-order valence-electron chi connectivity index (χ3n) is 5.13. The highest BCUT2D eigenvalue weighted by atomic mass is 16.5. The standard InChI is InChI=1S/C27H36O4/c1-4-6-7-8-9-10-11-20-29-24-14-12-23(13-15-24)27(28)31-26-18-16-25(17-19-26)30-21-22(3)5-2/h11-20,22H,4-10,21H2,1-3H3/b20-11+/t22-/m0/s1. The SMILES string of the molecule is CCCCCCC/C=C/Oc1ccc(C(=O)Oc2ccc(OC[C@@H](C)CC)cc2)cc1. The van der Waals surface area contributed by atoms with E-state index < -0.39 is 5.97 Å². The summed E-state index contributed by atoms with van der Waals surface area (Å²) in [5.41, 5.74) is 0.476. The first-order chi connectivity index (χ1) is 15.1. The summed E-state index contributed by atoms with van der Waals surface area (Å²) >= 11 is 0. The molecule has 0 aliphatic heterocycles. The first-order valence-electron chi connectivity index (χ1n) is 11.5. The van der Waals surface area contributed by atoms with Crippen molar-refractivity contribution < 1.29 is 19.0 Å². The quantitative estimate of drug-likeness (QED) is 0.136. The highest BCUT2D eigenvalue weighted by Crippen LogP contribution is 2.20. The van der Waals surface area contributed by atoms with Crippen LogP contribution in [-0.4, -0.2) is 12.6 Å². The molecule has 168 valence electrons. The Kier molecular flexibility index (Phi) is 11.3. The van der Waals surface area contributed by atoms with Gasteiger partial charge in [0.05, 0.1) is 18.4 Å². The molecule has 0 heterocycles. The zero-order valence-corrected chi connectivity index (χ0v) is 19.1.